The molecular weight excluding hydrogens is 1490 g/mol. The van der Waals surface area contributed by atoms with E-state index in [1.54, 1.807) is 0 Å². The molecule has 11 bridgehead atoms. The predicted molar refractivity (Wildman–Crippen MR) is 384 cm³/mol. The number of nitrogens with zero attached hydrogens (tertiary/aromatic N) is 2. The van der Waals surface area contributed by atoms with Crippen LogP contribution in [-0.2, 0) is 52.6 Å². The van der Waals surface area contributed by atoms with E-state index in [4.69, 9.17) is 74.6 Å². The van der Waals surface area contributed by atoms with Crippen molar-refractivity contribution in [1.82, 2.24) is 47.2 Å². The van der Waals surface area contributed by atoms with Crippen molar-refractivity contribution in [2.45, 2.75) is 161 Å². The quantitative estimate of drug-likeness (QED) is 0.0501. The number of nitrogen functional groups attached to an aromatic ring is 2. The van der Waals surface area contributed by atoms with Gasteiger partial charge in [0.05, 0.1) is 40.8 Å². The summed E-state index contributed by atoms with van der Waals surface area (Å²) >= 11 is 15.1. The normalized spacial score (nSPS) is 28.1. The maximum absolute atomic E-state index is 16.2. The Hall–Kier alpha value is -10.1. The van der Waals surface area contributed by atoms with Crippen molar-refractivity contribution in [3.05, 3.63) is 123 Å². The van der Waals surface area contributed by atoms with Crippen LogP contribution in [0.4, 0.5) is 11.6 Å². The van der Waals surface area contributed by atoms with Crippen molar-refractivity contribution in [1.29, 1.82) is 0 Å². The highest BCUT2D eigenvalue weighted by atomic mass is 35.5. The monoisotopic (exact) mass is 1570 g/mol. The molecule has 0 saturated carbocycles. The molecule has 6 aromatic rings. The highest BCUT2D eigenvalue weighted by Gasteiger charge is 2.52. The number of halogens is 2. The lowest BCUT2D eigenvalue weighted by atomic mass is 9.86. The van der Waals surface area contributed by atoms with Gasteiger partial charge in [0.25, 0.3) is 0 Å². The number of benzene rings is 5. The summed E-state index contributed by atoms with van der Waals surface area (Å²) < 4.78 is 39.4. The number of fused-ring (bicyclic) bond motifs is 15. The number of thioether (sulfide) groups is 1. The van der Waals surface area contributed by atoms with E-state index >= 15 is 14.4 Å². The van der Waals surface area contributed by atoms with E-state index in [1.807, 2.05) is 13.8 Å². The Labute approximate surface area is 633 Å². The summed E-state index contributed by atoms with van der Waals surface area (Å²) in [6.45, 7) is 6.65. The Bertz CT molecular complexity index is 4550. The van der Waals surface area contributed by atoms with Crippen molar-refractivity contribution >= 4 is 93.9 Å². The maximum Gasteiger partial charge on any atom is 0.330 e. The van der Waals surface area contributed by atoms with E-state index in [-0.39, 0.29) is 68.8 Å². The number of rotatable bonds is 15. The van der Waals surface area contributed by atoms with Gasteiger partial charge in [-0.05, 0) is 110 Å². The summed E-state index contributed by atoms with van der Waals surface area (Å²) in [5.41, 5.74) is 20.1. The molecule has 7 aliphatic rings. The maximum atomic E-state index is 16.2. The number of primary amides is 1. The molecule has 24 N–H and O–H groups in total. The third-order valence-electron chi connectivity index (χ3n) is 18.7. The fraction of sp³-hybridized carbons (Fsp3) is 0.400. The first-order chi connectivity index (χ1) is 51.5. The van der Waals surface area contributed by atoms with Gasteiger partial charge in [-0.25, -0.2) is 14.8 Å². The third kappa shape index (κ3) is 17.5. The van der Waals surface area contributed by atoms with Gasteiger partial charge in [-0.1, -0.05) is 67.0 Å². The number of carbonyl (C=O) groups excluding carboxylic acids is 7. The van der Waals surface area contributed by atoms with Crippen LogP contribution >= 0.6 is 35.0 Å². The molecule has 2 saturated heterocycles. The van der Waals surface area contributed by atoms with Gasteiger partial charge < -0.3 is 135 Å². The van der Waals surface area contributed by atoms with Gasteiger partial charge in [0.1, 0.15) is 95.0 Å². The van der Waals surface area contributed by atoms with Gasteiger partial charge in [0, 0.05) is 46.5 Å². The smallest absolute Gasteiger partial charge is 0.330 e. The lowest BCUT2D eigenvalue weighted by Gasteiger charge is -2.47. The Morgan fingerprint density at radius 1 is 0.716 bits per heavy atom. The molecule has 0 aliphatic carbocycles. The molecule has 2 unspecified atom stereocenters. The number of carboxylic acid groups (broad SMARTS) is 1. The molecule has 13 rings (SSSR count). The number of aliphatic hydroxyl groups is 5. The number of hydrogen-bond acceptors (Lipinski definition) is 29. The minimum atomic E-state index is -2.36. The van der Waals surface area contributed by atoms with Gasteiger partial charge in [-0.2, -0.15) is 0 Å². The average Bonchev–Trinajstić information content (AvgIpc) is 0.767. The van der Waals surface area contributed by atoms with Gasteiger partial charge in [0.15, 0.2) is 35.1 Å². The van der Waals surface area contributed by atoms with Crippen LogP contribution in [0.3, 0.4) is 0 Å². The van der Waals surface area contributed by atoms with Gasteiger partial charge in [0.2, 0.25) is 53.4 Å². The molecule has 7 amide bonds. The number of nitrogens with one attached hydrogen (secondary N) is 7. The molecule has 2 fully saturated rings. The van der Waals surface area contributed by atoms with Crippen molar-refractivity contribution < 1.29 is 113 Å². The van der Waals surface area contributed by atoms with Crippen LogP contribution in [0.25, 0.3) is 11.1 Å². The van der Waals surface area contributed by atoms with E-state index in [9.17, 15) is 69.9 Å². The number of carbonyl (C=O) groups is 8. The van der Waals surface area contributed by atoms with Crippen LogP contribution in [-0.4, -0.2) is 195 Å². The number of phenolic OH excluding ortho intramolecular Hbond substituents is 3. The van der Waals surface area contributed by atoms with E-state index in [0.29, 0.717) is 0 Å². The van der Waals surface area contributed by atoms with Gasteiger partial charge in [-0.15, -0.1) is 0 Å². The molecular formula is C70H79Cl2N13O23S. The lowest BCUT2D eigenvalue weighted by Crippen LogP contribution is -2.64. The molecule has 0 spiro atoms. The van der Waals surface area contributed by atoms with Crippen molar-refractivity contribution in [2.24, 2.45) is 17.4 Å². The number of carboxylic acids is 1. The number of aromatic nitrogens is 2. The number of aromatic hydroxyl groups is 3. The van der Waals surface area contributed by atoms with Gasteiger partial charge in [-0.3, -0.25) is 33.6 Å². The average molecular weight is 1570 g/mol. The molecule has 0 radical (unpaired) electrons. The Morgan fingerprint density at radius 3 is 1.92 bits per heavy atom. The number of nitrogens with two attached hydrogens (primary N) is 4. The first-order valence-corrected chi connectivity index (χ1v) is 35.6. The van der Waals surface area contributed by atoms with E-state index < -0.39 is 231 Å². The number of aliphatic carboxylic acids is 1. The number of aliphatic hydroxyl groups excluding tert-OH is 5. The second-order valence-corrected chi connectivity index (χ2v) is 29.1. The second-order valence-electron chi connectivity index (χ2n) is 27.3. The predicted octanol–water partition coefficient (Wildman–Crippen LogP) is 0.861. The lowest BCUT2D eigenvalue weighted by molar-refractivity contribution is -0.329. The summed E-state index contributed by atoms with van der Waals surface area (Å²) in [7, 11) is 1.47. The van der Waals surface area contributed by atoms with Gasteiger partial charge >= 0.3 is 5.97 Å². The third-order valence-corrected chi connectivity index (χ3v) is 20.2. The van der Waals surface area contributed by atoms with Crippen LogP contribution in [0, 0.1) is 5.92 Å². The van der Waals surface area contributed by atoms with Crippen molar-refractivity contribution in [3.63, 3.8) is 0 Å². The number of phenols is 3. The van der Waals surface area contributed by atoms with Crippen LogP contribution < -0.4 is 74.4 Å². The summed E-state index contributed by atoms with van der Waals surface area (Å²) in [5, 5.41) is 122. The molecule has 18 atom stereocenters. The standard InChI is InChI=1S/C70H79Cl2N13O23S/c1-24(2)12-35(77-5)61(95)84-52-54(90)27-7-10-39(33(71)14-27)104-41-16-29-17-42(58(41)108-68-59(107-47-22-70(4,76)60(94)25(3)103-47)57(93)56(92)43(106-68)23-109-69-79-44(73)21-45(74)80-69)105-40-11-8-28(15-34(40)72)55(91)53-66(100)83-51(67(101)102)32-18-30(86)19-38(88)48(32)31-13-26(6-9-37(31)87)49(63(97)85-53)82-64(98)50(29)81-62(96)36(20-46(75)89)78-65(52)99/h6-11,13-19,21,24-25,35-36,43,47,49-57,59-60,68,77,86-88,90-94H,12,20,22-23,76H2,1-5H3,(H2,75,89)(H,78,99)(H,81,96)(H,82,98)(H,83,100)(H,84,95)(H,85,97)(H,101,102)(H4,73,74,79,80)/t25-,35+,36-,43+,47-,49+,50?,51-,52+,53?,54+,55+,56+,57-,59+,60+,68-,70-/m0/s1. The topological polar surface area (TPSA) is 588 Å². The number of likely N-dealkylation sites (N-methyl/N-ethyl adjacent to an activating group) is 1. The second kappa shape index (κ2) is 32.6. The Balaban J connectivity index is 1.17. The Kier molecular flexibility index (Phi) is 23.9. The number of amides is 7. The zero-order chi connectivity index (χ0) is 79.1. The molecule has 39 heteroatoms. The summed E-state index contributed by atoms with van der Waals surface area (Å²) in [6.07, 6.45) is -18.4. The first kappa shape index (κ1) is 79.9. The van der Waals surface area contributed by atoms with Crippen molar-refractivity contribution in [2.75, 3.05) is 24.3 Å². The van der Waals surface area contributed by atoms with E-state index in [2.05, 4.69) is 47.2 Å². The van der Waals surface area contributed by atoms with Crippen LogP contribution in [0.15, 0.2) is 90.1 Å². The molecule has 109 heavy (non-hydrogen) atoms. The number of ether oxygens (including phenoxy) is 6. The zero-order valence-corrected chi connectivity index (χ0v) is 60.7. The minimum absolute atomic E-state index is 0.000331. The van der Waals surface area contributed by atoms with Crippen LogP contribution in [0.1, 0.15) is 105 Å². The van der Waals surface area contributed by atoms with Crippen molar-refractivity contribution in [3.8, 4) is 57.1 Å². The summed E-state index contributed by atoms with van der Waals surface area (Å²) in [6, 6.07) is 0.619. The fourth-order valence-corrected chi connectivity index (χ4v) is 14.5. The summed E-state index contributed by atoms with van der Waals surface area (Å²) in [5.74, 6) is -16.4. The van der Waals surface area contributed by atoms with Crippen LogP contribution in [0.5, 0.6) is 46.0 Å². The minimum Gasteiger partial charge on any atom is -0.508 e. The number of anilines is 2. The fourth-order valence-electron chi connectivity index (χ4n) is 13.2. The zero-order valence-electron chi connectivity index (χ0n) is 58.4. The molecule has 7 aliphatic heterocycles. The highest BCUT2D eigenvalue weighted by molar-refractivity contribution is 7.99. The number of hydrogen-bond donors (Lipinski definition) is 20. The van der Waals surface area contributed by atoms with Crippen LogP contribution in [0.2, 0.25) is 10.0 Å². The Morgan fingerprint density at radius 2 is 1.32 bits per heavy atom. The first-order valence-electron chi connectivity index (χ1n) is 33.8. The van der Waals surface area contributed by atoms with E-state index in [0.717, 1.165) is 78.5 Å². The SMILES string of the molecule is CN[C@H](CC(C)C)C(=O)N[C@H]1C(=O)N[C@@H](CC(N)=O)C(=O)NC2C(=O)N[C@H]3C(=O)NC(C(=O)N[C@H](C(=O)O)c4cc(O)cc(O)c4-c4cc3ccc4O)[C@H](O)c3ccc(c(Cl)c3)Oc3cc2cc(c3O[C@@H]2O[C@H](CSc3nc(N)cc(N)n3)[C@@H](O)[C@H](O)[C@H]2O[C@H]2C[C@](C)(N)[C@H](O)[C@H](C)O2)Oc2ccc(cc2Cl)[C@H]1O. The highest BCUT2D eigenvalue weighted by Crippen LogP contribution is 2.50. The largest absolute Gasteiger partial charge is 0.508 e. The molecule has 582 valence electrons. The molecule has 8 heterocycles. The molecule has 36 nitrogen and oxygen atoms in total. The van der Waals surface area contributed by atoms with E-state index in [1.165, 1.54) is 39.1 Å². The summed E-state index contributed by atoms with van der Waals surface area (Å²) in [4.78, 5) is 126. The molecule has 5 aromatic carbocycles. The molecule has 1 aromatic heterocycles.